The SMILES string of the molecule is O=[S+]C(c1ccccc1F)C1CCN(CCc2ccc(F)cc2)CC1. The van der Waals surface area contributed by atoms with Gasteiger partial charge < -0.3 is 4.90 Å². The lowest BCUT2D eigenvalue weighted by Gasteiger charge is -2.31. The molecule has 0 radical (unpaired) electrons. The zero-order chi connectivity index (χ0) is 17.6. The predicted octanol–water partition coefficient (Wildman–Crippen LogP) is 4.39. The molecule has 1 atom stereocenters. The maximum absolute atomic E-state index is 14.0. The lowest BCUT2D eigenvalue weighted by Crippen LogP contribution is -2.36. The highest BCUT2D eigenvalue weighted by Gasteiger charge is 2.38. The molecular weight excluding hydrogens is 340 g/mol. The van der Waals surface area contributed by atoms with E-state index in [0.29, 0.717) is 17.2 Å². The van der Waals surface area contributed by atoms with E-state index in [1.165, 1.54) is 18.2 Å². The van der Waals surface area contributed by atoms with Gasteiger partial charge in [-0.3, -0.25) is 0 Å². The van der Waals surface area contributed by atoms with Gasteiger partial charge >= 0.3 is 11.7 Å². The fourth-order valence-electron chi connectivity index (χ4n) is 3.51. The first kappa shape index (κ1) is 18.1. The Balaban J connectivity index is 1.53. The van der Waals surface area contributed by atoms with Gasteiger partial charge in [0.1, 0.15) is 11.6 Å². The standard InChI is InChI=1S/C20H22F2NOS/c21-17-7-5-15(6-8-17)9-12-23-13-10-16(11-14-23)20(25-24)18-3-1-2-4-19(18)22/h1-8,16,20H,9-14H2/q+1. The number of halogens is 2. The molecule has 2 aromatic carbocycles. The molecule has 2 nitrogen and oxygen atoms in total. The average Bonchev–Trinajstić information content (AvgIpc) is 2.64. The Bertz CT molecular complexity index is 699. The van der Waals surface area contributed by atoms with Gasteiger partial charge in [0.2, 0.25) is 0 Å². The molecule has 1 heterocycles. The molecule has 1 fully saturated rings. The van der Waals surface area contributed by atoms with Gasteiger partial charge in [-0.2, -0.15) is 0 Å². The van der Waals surface area contributed by atoms with Crippen molar-refractivity contribution in [2.24, 2.45) is 5.92 Å². The second-order valence-corrected chi connectivity index (χ2v) is 7.29. The van der Waals surface area contributed by atoms with Gasteiger partial charge in [-0.05, 0) is 56.1 Å². The molecule has 25 heavy (non-hydrogen) atoms. The summed E-state index contributed by atoms with van der Waals surface area (Å²) >= 11 is 0.512. The molecule has 0 aliphatic carbocycles. The van der Waals surface area contributed by atoms with Crippen LogP contribution in [0.3, 0.4) is 0 Å². The lowest BCUT2D eigenvalue weighted by atomic mass is 9.89. The summed E-state index contributed by atoms with van der Waals surface area (Å²) in [5, 5.41) is -0.319. The van der Waals surface area contributed by atoms with Crippen LogP contribution < -0.4 is 0 Å². The number of hydrogen-bond donors (Lipinski definition) is 0. The molecule has 0 amide bonds. The van der Waals surface area contributed by atoms with E-state index in [1.807, 2.05) is 12.1 Å². The number of likely N-dealkylation sites (tertiary alicyclic amines) is 1. The van der Waals surface area contributed by atoms with Crippen LogP contribution in [0.4, 0.5) is 8.78 Å². The summed E-state index contributed by atoms with van der Waals surface area (Å²) in [7, 11) is 0. The normalized spacial score (nSPS) is 17.4. The first-order chi connectivity index (χ1) is 12.2. The van der Waals surface area contributed by atoms with Crippen LogP contribution in [0.1, 0.15) is 29.2 Å². The Morgan fingerprint density at radius 3 is 2.36 bits per heavy atom. The summed E-state index contributed by atoms with van der Waals surface area (Å²) in [6.07, 6.45) is 2.69. The van der Waals surface area contributed by atoms with E-state index in [0.717, 1.165) is 44.5 Å². The number of benzene rings is 2. The number of piperidine rings is 1. The van der Waals surface area contributed by atoms with Crippen molar-refractivity contribution >= 4 is 11.7 Å². The smallest absolute Gasteiger partial charge is 0.303 e. The van der Waals surface area contributed by atoms with Crippen LogP contribution in [0.15, 0.2) is 48.5 Å². The fraction of sp³-hybridized carbons (Fsp3) is 0.400. The number of hydrogen-bond acceptors (Lipinski definition) is 2. The van der Waals surface area contributed by atoms with E-state index in [-0.39, 0.29) is 22.8 Å². The molecule has 2 aromatic rings. The molecule has 1 aliphatic rings. The molecule has 132 valence electrons. The first-order valence-corrected chi connectivity index (χ1v) is 9.47. The van der Waals surface area contributed by atoms with Gasteiger partial charge in [-0.25, -0.2) is 8.78 Å². The molecule has 0 aromatic heterocycles. The highest BCUT2D eigenvalue weighted by atomic mass is 32.1. The maximum Gasteiger partial charge on any atom is 0.467 e. The van der Waals surface area contributed by atoms with Crippen LogP contribution in [0, 0.1) is 17.6 Å². The zero-order valence-corrected chi connectivity index (χ0v) is 14.9. The van der Waals surface area contributed by atoms with E-state index in [2.05, 4.69) is 4.90 Å². The molecule has 1 unspecified atom stereocenters. The third-order valence-corrected chi connectivity index (χ3v) is 5.85. The zero-order valence-electron chi connectivity index (χ0n) is 14.0. The minimum atomic E-state index is -0.319. The van der Waals surface area contributed by atoms with E-state index < -0.39 is 0 Å². The van der Waals surface area contributed by atoms with Crippen LogP contribution in [0.2, 0.25) is 0 Å². The van der Waals surface area contributed by atoms with Gasteiger partial charge in [0.05, 0.1) is 5.56 Å². The minimum absolute atomic E-state index is 0.209. The number of nitrogens with zero attached hydrogens (tertiary/aromatic N) is 1. The predicted molar refractivity (Wildman–Crippen MR) is 96.5 cm³/mol. The van der Waals surface area contributed by atoms with Gasteiger partial charge in [0.15, 0.2) is 0 Å². The van der Waals surface area contributed by atoms with Crippen LogP contribution in [-0.2, 0) is 22.3 Å². The fourth-order valence-corrected chi connectivity index (χ4v) is 4.23. The second kappa shape index (κ2) is 8.59. The second-order valence-electron chi connectivity index (χ2n) is 6.59. The minimum Gasteiger partial charge on any atom is -0.303 e. The molecule has 1 saturated heterocycles. The number of rotatable bonds is 6. The average molecular weight is 362 g/mol. The van der Waals surface area contributed by atoms with Crippen molar-refractivity contribution in [2.45, 2.75) is 24.5 Å². The molecule has 0 saturated carbocycles. The Hall–Kier alpha value is -1.72. The van der Waals surface area contributed by atoms with Crippen molar-refractivity contribution in [1.29, 1.82) is 0 Å². The Kier molecular flexibility index (Phi) is 6.21. The third kappa shape index (κ3) is 4.67. The molecule has 0 N–H and O–H groups in total. The van der Waals surface area contributed by atoms with Crippen molar-refractivity contribution in [1.82, 2.24) is 4.90 Å². The maximum atomic E-state index is 14.0. The summed E-state index contributed by atoms with van der Waals surface area (Å²) in [5.41, 5.74) is 1.66. The van der Waals surface area contributed by atoms with Crippen molar-refractivity contribution in [2.75, 3.05) is 19.6 Å². The monoisotopic (exact) mass is 362 g/mol. The van der Waals surface area contributed by atoms with Gasteiger partial charge in [0.25, 0.3) is 5.25 Å². The van der Waals surface area contributed by atoms with Gasteiger partial charge in [-0.15, -0.1) is 0 Å². The van der Waals surface area contributed by atoms with E-state index >= 15 is 0 Å². The molecule has 0 bridgehead atoms. The molecule has 5 heteroatoms. The van der Waals surface area contributed by atoms with Crippen molar-refractivity contribution in [3.63, 3.8) is 0 Å². The topological polar surface area (TPSA) is 20.3 Å². The summed E-state index contributed by atoms with van der Waals surface area (Å²) in [4.78, 5) is 2.37. The highest BCUT2D eigenvalue weighted by Crippen LogP contribution is 2.33. The Morgan fingerprint density at radius 1 is 1.04 bits per heavy atom. The van der Waals surface area contributed by atoms with Crippen LogP contribution in [0.25, 0.3) is 0 Å². The summed E-state index contributed by atoms with van der Waals surface area (Å²) in [5.74, 6) is -0.282. The Morgan fingerprint density at radius 2 is 1.72 bits per heavy atom. The Labute approximate surface area is 151 Å². The summed E-state index contributed by atoms with van der Waals surface area (Å²) in [6, 6.07) is 13.2. The highest BCUT2D eigenvalue weighted by molar-refractivity contribution is 7.65. The van der Waals surface area contributed by atoms with E-state index in [1.54, 1.807) is 18.2 Å². The molecule has 0 spiro atoms. The van der Waals surface area contributed by atoms with Crippen LogP contribution in [-0.4, -0.2) is 24.5 Å². The van der Waals surface area contributed by atoms with Crippen molar-refractivity contribution < 1.29 is 13.0 Å². The van der Waals surface area contributed by atoms with Gasteiger partial charge in [-0.1, -0.05) is 30.3 Å². The third-order valence-electron chi connectivity index (χ3n) is 5.01. The largest absolute Gasteiger partial charge is 0.467 e. The van der Waals surface area contributed by atoms with Crippen molar-refractivity contribution in [3.05, 3.63) is 71.3 Å². The van der Waals surface area contributed by atoms with Crippen molar-refractivity contribution in [3.8, 4) is 0 Å². The summed E-state index contributed by atoms with van der Waals surface area (Å²) < 4.78 is 38.6. The molecule has 3 rings (SSSR count). The summed E-state index contributed by atoms with van der Waals surface area (Å²) in [6.45, 7) is 2.75. The quantitative estimate of drug-likeness (QED) is 0.711. The van der Waals surface area contributed by atoms with E-state index in [9.17, 15) is 13.0 Å². The van der Waals surface area contributed by atoms with E-state index in [4.69, 9.17) is 0 Å². The van der Waals surface area contributed by atoms with Crippen LogP contribution >= 0.6 is 0 Å². The molecule has 1 aliphatic heterocycles. The molecular formula is C20H22F2NOS+. The van der Waals surface area contributed by atoms with Gasteiger partial charge in [0, 0.05) is 16.7 Å². The van der Waals surface area contributed by atoms with Crippen LogP contribution in [0.5, 0.6) is 0 Å². The first-order valence-electron chi connectivity index (χ1n) is 8.67. The lowest BCUT2D eigenvalue weighted by molar-refractivity contribution is 0.183.